The van der Waals surface area contributed by atoms with Crippen molar-refractivity contribution in [2.45, 2.75) is 61.9 Å². The summed E-state index contributed by atoms with van der Waals surface area (Å²) < 4.78 is 38.4. The molecule has 39 heavy (non-hydrogen) atoms. The Kier molecular flexibility index (Phi) is 7.03. The lowest BCUT2D eigenvalue weighted by molar-refractivity contribution is 0.00561. The second kappa shape index (κ2) is 10.3. The zero-order valence-corrected chi connectivity index (χ0v) is 22.7. The molecule has 0 spiro atoms. The minimum absolute atomic E-state index is 0.0825. The average Bonchev–Trinajstić information content (AvgIpc) is 3.47. The second-order valence-corrected chi connectivity index (χ2v) is 11.4. The lowest BCUT2D eigenvalue weighted by atomic mass is 10.0. The maximum atomic E-state index is 15.4. The van der Waals surface area contributed by atoms with Crippen LogP contribution < -0.4 is 0 Å². The third kappa shape index (κ3) is 5.31. The first-order valence-corrected chi connectivity index (χ1v) is 13.2. The van der Waals surface area contributed by atoms with Gasteiger partial charge in [0.2, 0.25) is 0 Å². The molecule has 4 aromatic rings. The van der Waals surface area contributed by atoms with Gasteiger partial charge in [-0.25, -0.2) is 23.1 Å². The Morgan fingerprint density at radius 2 is 2.08 bits per heavy atom. The highest BCUT2D eigenvalue weighted by molar-refractivity contribution is 7.99. The number of amides is 1. The normalized spacial score (nSPS) is 17.8. The Morgan fingerprint density at radius 1 is 1.28 bits per heavy atom. The fourth-order valence-electron chi connectivity index (χ4n) is 4.64. The van der Waals surface area contributed by atoms with Crippen molar-refractivity contribution < 1.29 is 18.3 Å². The van der Waals surface area contributed by atoms with Gasteiger partial charge in [0.25, 0.3) is 0 Å². The first kappa shape index (κ1) is 26.6. The molecule has 5 rings (SSSR count). The molecule has 0 bridgehead atoms. The van der Waals surface area contributed by atoms with Crippen LogP contribution in [0.1, 0.15) is 44.5 Å². The van der Waals surface area contributed by atoms with Gasteiger partial charge in [-0.1, -0.05) is 11.8 Å². The molecule has 0 unspecified atom stereocenters. The third-order valence-electron chi connectivity index (χ3n) is 6.46. The summed E-state index contributed by atoms with van der Waals surface area (Å²) >= 11 is 1.10. The van der Waals surface area contributed by atoms with Crippen LogP contribution in [0.25, 0.3) is 16.6 Å². The molecule has 1 amide bonds. The van der Waals surface area contributed by atoms with Crippen LogP contribution in [0.5, 0.6) is 0 Å². The third-order valence-corrected chi connectivity index (χ3v) is 7.48. The van der Waals surface area contributed by atoms with Gasteiger partial charge < -0.3 is 9.64 Å². The van der Waals surface area contributed by atoms with E-state index in [1.807, 2.05) is 13.0 Å². The van der Waals surface area contributed by atoms with Crippen molar-refractivity contribution in [2.75, 3.05) is 13.1 Å². The molecule has 0 aromatic carbocycles. The smallest absolute Gasteiger partial charge is 0.410 e. The van der Waals surface area contributed by atoms with E-state index < -0.39 is 29.7 Å². The summed E-state index contributed by atoms with van der Waals surface area (Å²) in [5.41, 5.74) is 2.44. The number of hydrogen-bond acceptors (Lipinski definition) is 7. The van der Waals surface area contributed by atoms with Crippen molar-refractivity contribution in [3.63, 3.8) is 0 Å². The van der Waals surface area contributed by atoms with Crippen molar-refractivity contribution in [3.8, 4) is 17.2 Å². The van der Waals surface area contributed by atoms with Crippen molar-refractivity contribution in [2.24, 2.45) is 0 Å². The van der Waals surface area contributed by atoms with Gasteiger partial charge in [-0.15, -0.1) is 0 Å². The van der Waals surface area contributed by atoms with Crippen LogP contribution in [0.4, 0.5) is 13.6 Å². The monoisotopic (exact) mass is 551 g/mol. The molecule has 0 radical (unpaired) electrons. The van der Waals surface area contributed by atoms with Crippen LogP contribution in [-0.2, 0) is 4.74 Å². The van der Waals surface area contributed by atoms with E-state index in [-0.39, 0.29) is 11.6 Å². The highest BCUT2D eigenvalue weighted by atomic mass is 32.2. The summed E-state index contributed by atoms with van der Waals surface area (Å²) in [6, 6.07) is 6.26. The van der Waals surface area contributed by atoms with Gasteiger partial charge in [0.15, 0.2) is 5.82 Å². The van der Waals surface area contributed by atoms with Crippen molar-refractivity contribution in [1.29, 1.82) is 5.26 Å². The van der Waals surface area contributed by atoms with E-state index in [2.05, 4.69) is 21.3 Å². The molecule has 0 N–H and O–H groups in total. The predicted molar refractivity (Wildman–Crippen MR) is 141 cm³/mol. The summed E-state index contributed by atoms with van der Waals surface area (Å²) in [7, 11) is 0. The molecule has 1 fully saturated rings. The molecule has 1 aliphatic rings. The number of ether oxygens (including phenoxy) is 1. The first-order chi connectivity index (χ1) is 18.6. The van der Waals surface area contributed by atoms with E-state index in [4.69, 9.17) is 4.74 Å². The minimum Gasteiger partial charge on any atom is -0.444 e. The Labute approximate surface area is 228 Å². The summed E-state index contributed by atoms with van der Waals surface area (Å²) in [5, 5.41) is 18.6. The average molecular weight is 552 g/mol. The second-order valence-electron chi connectivity index (χ2n) is 10.3. The molecule has 1 aliphatic heterocycles. The molecule has 2 atom stereocenters. The van der Waals surface area contributed by atoms with Gasteiger partial charge in [0.1, 0.15) is 22.9 Å². The molecule has 1 saturated heterocycles. The largest absolute Gasteiger partial charge is 0.444 e. The standard InChI is InChI=1S/C27H27F2N7O2S/c1-16-19(13-33-36(16)22-7-9-34(15-21(22)29)26(37)38-27(2,3)4)17-10-23(39-25-20(28)6-5-8-31-25)24-18(11-30)12-32-35(24)14-17/h5-6,8,10,12-14,21-22H,7,9,15H2,1-4H3/t21-,22-/m0/s1. The summed E-state index contributed by atoms with van der Waals surface area (Å²) in [5.74, 6) is -0.472. The molecule has 12 heteroatoms. The molecular formula is C27H27F2N7O2S. The quantitative estimate of drug-likeness (QED) is 0.326. The van der Waals surface area contributed by atoms with Crippen LogP contribution in [0.2, 0.25) is 0 Å². The topological polar surface area (TPSA) is 101 Å². The number of nitrogens with zero attached hydrogens (tertiary/aromatic N) is 7. The molecule has 4 aromatic heterocycles. The van der Waals surface area contributed by atoms with Crippen LogP contribution in [0.3, 0.4) is 0 Å². The van der Waals surface area contributed by atoms with Gasteiger partial charge in [-0.3, -0.25) is 4.68 Å². The minimum atomic E-state index is -1.33. The Bertz CT molecular complexity index is 1590. The lowest BCUT2D eigenvalue weighted by Crippen LogP contribution is -2.47. The number of aromatic nitrogens is 5. The fourth-order valence-corrected chi connectivity index (χ4v) is 5.62. The van der Waals surface area contributed by atoms with Crippen LogP contribution >= 0.6 is 11.8 Å². The van der Waals surface area contributed by atoms with Gasteiger partial charge >= 0.3 is 6.09 Å². The maximum Gasteiger partial charge on any atom is 0.410 e. The molecular weight excluding hydrogens is 524 g/mol. The van der Waals surface area contributed by atoms with Crippen LogP contribution in [-0.4, -0.2) is 60.2 Å². The van der Waals surface area contributed by atoms with Crippen molar-refractivity contribution in [3.05, 3.63) is 60.1 Å². The molecule has 5 heterocycles. The lowest BCUT2D eigenvalue weighted by Gasteiger charge is -2.36. The van der Waals surface area contributed by atoms with Crippen LogP contribution in [0, 0.1) is 24.1 Å². The number of hydrogen-bond donors (Lipinski definition) is 0. The first-order valence-electron chi connectivity index (χ1n) is 12.4. The number of rotatable bonds is 4. The number of carbonyl (C=O) groups is 1. The Balaban J connectivity index is 1.45. The summed E-state index contributed by atoms with van der Waals surface area (Å²) in [4.78, 5) is 18.6. The number of piperidine rings is 1. The zero-order valence-electron chi connectivity index (χ0n) is 21.9. The van der Waals surface area contributed by atoms with E-state index in [9.17, 15) is 14.4 Å². The van der Waals surface area contributed by atoms with Gasteiger partial charge in [0, 0.05) is 40.7 Å². The van der Waals surface area contributed by atoms with E-state index in [1.165, 1.54) is 29.4 Å². The number of alkyl halides is 1. The number of pyridine rings is 2. The van der Waals surface area contributed by atoms with Crippen LogP contribution in [0.15, 0.2) is 52.9 Å². The summed E-state index contributed by atoms with van der Waals surface area (Å²) in [6.45, 7) is 7.45. The van der Waals surface area contributed by atoms with E-state index >= 15 is 4.39 Å². The summed E-state index contributed by atoms with van der Waals surface area (Å²) in [6.07, 6.45) is 4.91. The van der Waals surface area contributed by atoms with Crippen molar-refractivity contribution in [1.82, 2.24) is 29.3 Å². The Morgan fingerprint density at radius 3 is 2.77 bits per heavy atom. The number of nitriles is 1. The highest BCUT2D eigenvalue weighted by Crippen LogP contribution is 2.37. The number of likely N-dealkylation sites (tertiary alicyclic amines) is 1. The van der Waals surface area contributed by atoms with E-state index in [0.717, 1.165) is 28.6 Å². The molecule has 0 aliphatic carbocycles. The number of carbonyl (C=O) groups excluding carboxylic acids is 1. The highest BCUT2D eigenvalue weighted by Gasteiger charge is 2.36. The van der Waals surface area contributed by atoms with Gasteiger partial charge in [0.05, 0.1) is 36.1 Å². The van der Waals surface area contributed by atoms with E-state index in [0.29, 0.717) is 28.9 Å². The maximum absolute atomic E-state index is 15.4. The van der Waals surface area contributed by atoms with Gasteiger partial charge in [-0.2, -0.15) is 15.5 Å². The Hall–Kier alpha value is -3.98. The number of fused-ring (bicyclic) bond motifs is 1. The molecule has 202 valence electrons. The van der Waals surface area contributed by atoms with E-state index in [1.54, 1.807) is 42.4 Å². The van der Waals surface area contributed by atoms with Gasteiger partial charge in [-0.05, 0) is 52.3 Å². The SMILES string of the molecule is Cc1c(-c2cc(Sc3ncccc3F)c3c(C#N)cnn3c2)cnn1[C@H]1CCN(C(=O)OC(C)(C)C)C[C@@H]1F. The number of halogens is 2. The zero-order chi connectivity index (χ0) is 27.9. The molecule has 9 nitrogen and oxygen atoms in total. The predicted octanol–water partition coefficient (Wildman–Crippen LogP) is 5.58. The van der Waals surface area contributed by atoms with Crippen molar-refractivity contribution >= 4 is 23.4 Å². The molecule has 0 saturated carbocycles. The fraction of sp³-hybridized carbons (Fsp3) is 0.370.